The molecule has 0 fully saturated rings. The van der Waals surface area contributed by atoms with Crippen LogP contribution in [0.4, 0.5) is 0 Å². The molecule has 0 aromatic heterocycles. The van der Waals surface area contributed by atoms with E-state index in [1.807, 2.05) is 86.5 Å². The number of hydrogen-bond acceptors (Lipinski definition) is 6. The second-order valence-corrected chi connectivity index (χ2v) is 10.7. The maximum absolute atomic E-state index is 13.5. The van der Waals surface area contributed by atoms with Crippen LogP contribution in [0.3, 0.4) is 0 Å². The van der Waals surface area contributed by atoms with Crippen LogP contribution in [0.25, 0.3) is 0 Å². The van der Waals surface area contributed by atoms with Crippen molar-refractivity contribution in [1.82, 2.24) is 9.80 Å². The van der Waals surface area contributed by atoms with Crippen LogP contribution in [-0.4, -0.2) is 75.9 Å². The fourth-order valence-electron chi connectivity index (χ4n) is 4.47. The molecule has 2 aromatic carbocycles. The van der Waals surface area contributed by atoms with E-state index < -0.39 is 0 Å². The zero-order valence-electron chi connectivity index (χ0n) is 24.4. The minimum atomic E-state index is -0.191. The van der Waals surface area contributed by atoms with Gasteiger partial charge in [0.05, 0.1) is 13.2 Å². The van der Waals surface area contributed by atoms with Gasteiger partial charge in [-0.05, 0) is 102 Å². The first kappa shape index (κ1) is 31.5. The molecule has 0 heterocycles. The van der Waals surface area contributed by atoms with Crippen molar-refractivity contribution in [3.8, 4) is 11.5 Å². The molecule has 0 amide bonds. The normalized spacial score (nSPS) is 12.9. The van der Waals surface area contributed by atoms with Gasteiger partial charge in [0.25, 0.3) is 0 Å². The highest BCUT2D eigenvalue weighted by atomic mass is 16.5. The standard InChI is InChI=1S/C32H48N2O4/c1-7-9-21-37-29-17-13-25(14-18-29)31(35)27(23-33(3)4)11-12-28(24-34(5)6)32(36)26-15-19-30(20-16-26)38-22-10-8-2/h13-20,27-28H,7-12,21-24H2,1-6H3/t27-,28-/m1/s1. The maximum Gasteiger partial charge on any atom is 0.167 e. The Hall–Kier alpha value is -2.70. The second kappa shape index (κ2) is 17.0. The molecule has 0 spiro atoms. The molecule has 2 atom stereocenters. The van der Waals surface area contributed by atoms with Crippen molar-refractivity contribution >= 4 is 11.6 Å². The number of ether oxygens (including phenoxy) is 2. The van der Waals surface area contributed by atoms with Gasteiger partial charge in [0.2, 0.25) is 0 Å². The van der Waals surface area contributed by atoms with Crippen LogP contribution in [0.1, 0.15) is 73.1 Å². The number of Topliss-reactive ketones (excluding diaryl/α,β-unsaturated/α-hetero) is 2. The van der Waals surface area contributed by atoms with E-state index in [1.54, 1.807) is 0 Å². The zero-order chi connectivity index (χ0) is 27.9. The summed E-state index contributed by atoms with van der Waals surface area (Å²) in [7, 11) is 7.93. The summed E-state index contributed by atoms with van der Waals surface area (Å²) in [6, 6.07) is 15.0. The van der Waals surface area contributed by atoms with Crippen molar-refractivity contribution in [2.45, 2.75) is 52.4 Å². The summed E-state index contributed by atoms with van der Waals surface area (Å²) in [5.41, 5.74) is 1.38. The van der Waals surface area contributed by atoms with Gasteiger partial charge in [-0.1, -0.05) is 26.7 Å². The molecule has 0 aliphatic carbocycles. The van der Waals surface area contributed by atoms with Gasteiger partial charge >= 0.3 is 0 Å². The summed E-state index contributed by atoms with van der Waals surface area (Å²) in [4.78, 5) is 31.1. The average molecular weight is 525 g/mol. The van der Waals surface area contributed by atoms with Crippen molar-refractivity contribution in [1.29, 1.82) is 0 Å². The van der Waals surface area contributed by atoms with Gasteiger partial charge < -0.3 is 19.3 Å². The van der Waals surface area contributed by atoms with Crippen LogP contribution in [0, 0.1) is 11.8 Å². The lowest BCUT2D eigenvalue weighted by Gasteiger charge is -2.24. The minimum Gasteiger partial charge on any atom is -0.494 e. The molecule has 0 unspecified atom stereocenters. The molecule has 0 saturated carbocycles. The first-order valence-corrected chi connectivity index (χ1v) is 14.1. The Labute approximate surface area is 230 Å². The molecule has 6 nitrogen and oxygen atoms in total. The number of hydrogen-bond donors (Lipinski definition) is 0. The van der Waals surface area contributed by atoms with Crippen molar-refractivity contribution in [2.24, 2.45) is 11.8 Å². The van der Waals surface area contributed by atoms with E-state index in [4.69, 9.17) is 9.47 Å². The monoisotopic (exact) mass is 524 g/mol. The third kappa shape index (κ3) is 11.0. The Bertz CT molecular complexity index is 875. The lowest BCUT2D eigenvalue weighted by molar-refractivity contribution is 0.0834. The summed E-state index contributed by atoms with van der Waals surface area (Å²) in [6.45, 7) is 6.91. The maximum atomic E-state index is 13.5. The summed E-state index contributed by atoms with van der Waals surface area (Å²) in [5, 5.41) is 0. The van der Waals surface area contributed by atoms with Crippen LogP contribution < -0.4 is 9.47 Å². The van der Waals surface area contributed by atoms with Crippen LogP contribution in [0.2, 0.25) is 0 Å². The van der Waals surface area contributed by atoms with Crippen LogP contribution in [0.15, 0.2) is 48.5 Å². The number of benzene rings is 2. The molecule has 2 rings (SSSR count). The number of carbonyl (C=O) groups is 2. The molecule has 210 valence electrons. The summed E-state index contributed by atoms with van der Waals surface area (Å²) >= 11 is 0. The average Bonchev–Trinajstić information content (AvgIpc) is 2.90. The Morgan fingerprint density at radius 2 is 0.974 bits per heavy atom. The topological polar surface area (TPSA) is 59.1 Å². The molecule has 0 bridgehead atoms. The van der Waals surface area contributed by atoms with Gasteiger partial charge in [-0.25, -0.2) is 0 Å². The van der Waals surface area contributed by atoms with Crippen LogP contribution >= 0.6 is 0 Å². The van der Waals surface area contributed by atoms with Gasteiger partial charge in [0.1, 0.15) is 11.5 Å². The summed E-state index contributed by atoms with van der Waals surface area (Å²) in [5.74, 6) is 1.43. The largest absolute Gasteiger partial charge is 0.494 e. The third-order valence-corrected chi connectivity index (χ3v) is 6.59. The van der Waals surface area contributed by atoms with Crippen molar-refractivity contribution in [3.63, 3.8) is 0 Å². The Morgan fingerprint density at radius 1 is 0.632 bits per heavy atom. The molecule has 38 heavy (non-hydrogen) atoms. The highest BCUT2D eigenvalue weighted by molar-refractivity contribution is 5.99. The van der Waals surface area contributed by atoms with Crippen molar-refractivity contribution < 1.29 is 19.1 Å². The lowest BCUT2D eigenvalue weighted by atomic mass is 9.86. The molecular weight excluding hydrogens is 476 g/mol. The number of rotatable bonds is 19. The van der Waals surface area contributed by atoms with Gasteiger partial charge in [0, 0.05) is 36.1 Å². The number of carbonyl (C=O) groups excluding carboxylic acids is 2. The Kier molecular flexibility index (Phi) is 14.1. The van der Waals surface area contributed by atoms with E-state index in [0.717, 1.165) is 37.2 Å². The summed E-state index contributed by atoms with van der Waals surface area (Å²) in [6.07, 6.45) is 5.48. The molecule has 0 radical (unpaired) electrons. The van der Waals surface area contributed by atoms with Gasteiger partial charge in [0.15, 0.2) is 11.6 Å². The fourth-order valence-corrected chi connectivity index (χ4v) is 4.47. The van der Waals surface area contributed by atoms with E-state index in [0.29, 0.717) is 50.3 Å². The van der Waals surface area contributed by atoms with Gasteiger partial charge in [-0.3, -0.25) is 9.59 Å². The van der Waals surface area contributed by atoms with E-state index >= 15 is 0 Å². The predicted octanol–water partition coefficient (Wildman–Crippen LogP) is 6.25. The quantitative estimate of drug-likeness (QED) is 0.160. The molecular formula is C32H48N2O4. The molecule has 0 aliphatic heterocycles. The smallest absolute Gasteiger partial charge is 0.167 e. The van der Waals surface area contributed by atoms with E-state index in [2.05, 4.69) is 13.8 Å². The Balaban J connectivity index is 2.10. The number of ketones is 2. The van der Waals surface area contributed by atoms with E-state index in [1.165, 1.54) is 0 Å². The highest BCUT2D eigenvalue weighted by Gasteiger charge is 2.26. The Morgan fingerprint density at radius 3 is 1.26 bits per heavy atom. The first-order chi connectivity index (χ1) is 18.2. The number of unbranched alkanes of at least 4 members (excludes halogenated alkanes) is 2. The van der Waals surface area contributed by atoms with E-state index in [-0.39, 0.29) is 23.4 Å². The van der Waals surface area contributed by atoms with Gasteiger partial charge in [-0.2, -0.15) is 0 Å². The lowest BCUT2D eigenvalue weighted by Crippen LogP contribution is -2.32. The summed E-state index contributed by atoms with van der Waals surface area (Å²) < 4.78 is 11.5. The van der Waals surface area contributed by atoms with E-state index in [9.17, 15) is 9.59 Å². The fraction of sp³-hybridized carbons (Fsp3) is 0.562. The molecule has 0 N–H and O–H groups in total. The zero-order valence-corrected chi connectivity index (χ0v) is 24.4. The van der Waals surface area contributed by atoms with Gasteiger partial charge in [-0.15, -0.1) is 0 Å². The van der Waals surface area contributed by atoms with Crippen molar-refractivity contribution in [2.75, 3.05) is 54.5 Å². The predicted molar refractivity (Wildman–Crippen MR) is 156 cm³/mol. The number of nitrogens with zero attached hydrogens (tertiary/aromatic N) is 2. The molecule has 6 heteroatoms. The molecule has 2 aromatic rings. The molecule has 0 aliphatic rings. The second-order valence-electron chi connectivity index (χ2n) is 10.7. The molecule has 0 saturated heterocycles. The highest BCUT2D eigenvalue weighted by Crippen LogP contribution is 2.24. The van der Waals surface area contributed by atoms with Crippen LogP contribution in [0.5, 0.6) is 11.5 Å². The van der Waals surface area contributed by atoms with Crippen LogP contribution in [-0.2, 0) is 0 Å². The third-order valence-electron chi connectivity index (χ3n) is 6.59. The SMILES string of the molecule is CCCCOc1ccc(C(=O)[C@H](CC[C@H](CN(C)C)C(=O)c2ccc(OCCCC)cc2)CN(C)C)cc1. The first-order valence-electron chi connectivity index (χ1n) is 14.1. The van der Waals surface area contributed by atoms with Crippen molar-refractivity contribution in [3.05, 3.63) is 59.7 Å². The minimum absolute atomic E-state index is 0.114.